The molecule has 2 N–H and O–H groups in total. The number of guanidine groups is 1. The van der Waals surface area contributed by atoms with Gasteiger partial charge in [0.15, 0.2) is 5.96 Å². The van der Waals surface area contributed by atoms with Gasteiger partial charge in [-0.1, -0.05) is 12.1 Å². The van der Waals surface area contributed by atoms with E-state index in [-0.39, 0.29) is 0 Å². The molecule has 0 amide bonds. The van der Waals surface area contributed by atoms with E-state index in [2.05, 4.69) is 42.7 Å². The van der Waals surface area contributed by atoms with Crippen molar-refractivity contribution < 1.29 is 18.9 Å². The predicted molar refractivity (Wildman–Crippen MR) is 127 cm³/mol. The highest BCUT2D eigenvalue weighted by atomic mass is 16.5. The minimum absolute atomic E-state index is 0.486. The second-order valence-electron chi connectivity index (χ2n) is 8.76. The van der Waals surface area contributed by atoms with Crippen molar-refractivity contribution in [1.82, 2.24) is 10.6 Å². The van der Waals surface area contributed by atoms with E-state index in [1.54, 1.807) is 0 Å². The average Bonchev–Trinajstić information content (AvgIpc) is 3.33. The molecule has 2 aliphatic heterocycles. The summed E-state index contributed by atoms with van der Waals surface area (Å²) in [5, 5.41) is 6.75. The Morgan fingerprint density at radius 1 is 1.06 bits per heavy atom. The highest BCUT2D eigenvalue weighted by Crippen LogP contribution is 2.23. The number of aryl methyl sites for hydroxylation is 1. The topological polar surface area (TPSA) is 73.3 Å². The fourth-order valence-electron chi connectivity index (χ4n) is 3.90. The first-order chi connectivity index (χ1) is 15.7. The molecule has 0 aliphatic carbocycles. The molecular formula is C25H41N3O4. The average molecular weight is 448 g/mol. The van der Waals surface area contributed by atoms with Crippen molar-refractivity contribution in [1.29, 1.82) is 0 Å². The Morgan fingerprint density at radius 2 is 1.88 bits per heavy atom. The molecule has 0 radical (unpaired) electrons. The maximum Gasteiger partial charge on any atom is 0.191 e. The van der Waals surface area contributed by atoms with E-state index in [1.807, 2.05) is 0 Å². The van der Waals surface area contributed by atoms with Crippen LogP contribution >= 0.6 is 0 Å². The molecule has 1 atom stereocenters. The van der Waals surface area contributed by atoms with Crippen LogP contribution in [0.2, 0.25) is 0 Å². The Labute approximate surface area is 193 Å². The zero-order chi connectivity index (χ0) is 22.4. The number of aliphatic imine (C=N–C) groups is 1. The van der Waals surface area contributed by atoms with Crippen molar-refractivity contribution >= 4 is 5.96 Å². The van der Waals surface area contributed by atoms with Crippen molar-refractivity contribution in [2.75, 3.05) is 59.3 Å². The van der Waals surface area contributed by atoms with Crippen LogP contribution in [0.3, 0.4) is 0 Å². The number of nitrogens with one attached hydrogen (secondary N) is 2. The standard InChI is InChI=1S/C25H41N3O4/c1-3-26-25(27-10-4-11-30-17-21-7-12-29-13-8-21)28-16-23-6-5-20(2)15-24(23)32-19-22-9-14-31-18-22/h5-6,15,21-22H,3-4,7-14,16-19H2,1-2H3,(H2,26,27,28). The van der Waals surface area contributed by atoms with E-state index in [9.17, 15) is 0 Å². The highest BCUT2D eigenvalue weighted by molar-refractivity contribution is 5.79. The third-order valence-electron chi connectivity index (χ3n) is 5.93. The van der Waals surface area contributed by atoms with Crippen LogP contribution in [-0.4, -0.2) is 65.3 Å². The molecule has 7 nitrogen and oxygen atoms in total. The third-order valence-corrected chi connectivity index (χ3v) is 5.93. The van der Waals surface area contributed by atoms with Gasteiger partial charge in [-0.25, -0.2) is 4.99 Å². The molecule has 0 spiro atoms. The summed E-state index contributed by atoms with van der Waals surface area (Å²) in [6.45, 7) is 12.1. The van der Waals surface area contributed by atoms with Crippen LogP contribution in [0.5, 0.6) is 5.75 Å². The van der Waals surface area contributed by atoms with Crippen LogP contribution in [0, 0.1) is 18.8 Å². The Hall–Kier alpha value is -1.83. The molecule has 0 aromatic heterocycles. The molecule has 1 aromatic rings. The number of hydrogen-bond donors (Lipinski definition) is 2. The Bertz CT molecular complexity index is 686. The van der Waals surface area contributed by atoms with Gasteiger partial charge in [0, 0.05) is 57.6 Å². The normalized spacial score (nSPS) is 19.8. The quantitative estimate of drug-likeness (QED) is 0.291. The van der Waals surface area contributed by atoms with Crippen LogP contribution in [-0.2, 0) is 20.8 Å². The van der Waals surface area contributed by atoms with Gasteiger partial charge >= 0.3 is 0 Å². The third kappa shape index (κ3) is 8.96. The summed E-state index contributed by atoms with van der Waals surface area (Å²) in [4.78, 5) is 4.78. The Kier molecular flexibility index (Phi) is 11.1. The predicted octanol–water partition coefficient (Wildman–Crippen LogP) is 3.30. The van der Waals surface area contributed by atoms with Crippen molar-refractivity contribution in [3.8, 4) is 5.75 Å². The fraction of sp³-hybridized carbons (Fsp3) is 0.720. The van der Waals surface area contributed by atoms with Gasteiger partial charge in [-0.3, -0.25) is 0 Å². The fourth-order valence-corrected chi connectivity index (χ4v) is 3.90. The number of rotatable bonds is 12. The Balaban J connectivity index is 1.42. The van der Waals surface area contributed by atoms with Gasteiger partial charge in [-0.15, -0.1) is 0 Å². The van der Waals surface area contributed by atoms with Crippen LogP contribution in [0.25, 0.3) is 0 Å². The lowest BCUT2D eigenvalue weighted by atomic mass is 10.0. The summed E-state index contributed by atoms with van der Waals surface area (Å²) >= 11 is 0. The molecule has 2 fully saturated rings. The van der Waals surface area contributed by atoms with Crippen LogP contribution in [0.4, 0.5) is 0 Å². The number of ether oxygens (including phenoxy) is 4. The molecule has 1 aromatic carbocycles. The first-order valence-electron chi connectivity index (χ1n) is 12.2. The first kappa shape index (κ1) is 24.8. The zero-order valence-electron chi connectivity index (χ0n) is 19.9. The van der Waals surface area contributed by atoms with Crippen LogP contribution in [0.1, 0.15) is 43.7 Å². The minimum Gasteiger partial charge on any atom is -0.493 e. The molecule has 0 saturated carbocycles. The second-order valence-corrected chi connectivity index (χ2v) is 8.76. The first-order valence-corrected chi connectivity index (χ1v) is 12.2. The van der Waals surface area contributed by atoms with Gasteiger partial charge in [0.2, 0.25) is 0 Å². The van der Waals surface area contributed by atoms with E-state index in [0.29, 0.717) is 25.0 Å². The molecule has 2 aliphatic rings. The Morgan fingerprint density at radius 3 is 2.66 bits per heavy atom. The maximum absolute atomic E-state index is 6.16. The van der Waals surface area contributed by atoms with Crippen molar-refractivity contribution in [2.24, 2.45) is 16.8 Å². The molecule has 1 unspecified atom stereocenters. The summed E-state index contributed by atoms with van der Waals surface area (Å²) in [6.07, 6.45) is 4.27. The molecule has 7 heteroatoms. The lowest BCUT2D eigenvalue weighted by Crippen LogP contribution is -2.38. The van der Waals surface area contributed by atoms with Crippen molar-refractivity contribution in [2.45, 2.75) is 46.1 Å². The molecular weight excluding hydrogens is 406 g/mol. The SMILES string of the molecule is CCNC(=NCc1ccc(C)cc1OCC1CCOC1)NCCCOCC1CCOCC1. The number of benzene rings is 1. The van der Waals surface area contributed by atoms with E-state index in [4.69, 9.17) is 23.9 Å². The summed E-state index contributed by atoms with van der Waals surface area (Å²) in [7, 11) is 0. The van der Waals surface area contributed by atoms with E-state index >= 15 is 0 Å². The summed E-state index contributed by atoms with van der Waals surface area (Å²) < 4.78 is 22.9. The molecule has 2 heterocycles. The van der Waals surface area contributed by atoms with Gasteiger partial charge in [0.25, 0.3) is 0 Å². The molecule has 0 bridgehead atoms. The summed E-state index contributed by atoms with van der Waals surface area (Å²) in [6, 6.07) is 6.34. The lowest BCUT2D eigenvalue weighted by molar-refractivity contribution is 0.0203. The summed E-state index contributed by atoms with van der Waals surface area (Å²) in [5.41, 5.74) is 2.30. The van der Waals surface area contributed by atoms with Gasteiger partial charge < -0.3 is 29.6 Å². The van der Waals surface area contributed by atoms with Gasteiger partial charge in [-0.05, 0) is 57.1 Å². The zero-order valence-corrected chi connectivity index (χ0v) is 19.9. The minimum atomic E-state index is 0.486. The van der Waals surface area contributed by atoms with E-state index < -0.39 is 0 Å². The lowest BCUT2D eigenvalue weighted by Gasteiger charge is -2.21. The smallest absolute Gasteiger partial charge is 0.191 e. The van der Waals surface area contributed by atoms with Crippen LogP contribution < -0.4 is 15.4 Å². The monoisotopic (exact) mass is 447 g/mol. The summed E-state index contributed by atoms with van der Waals surface area (Å²) in [5.74, 6) is 2.90. The number of hydrogen-bond acceptors (Lipinski definition) is 5. The van der Waals surface area contributed by atoms with Crippen LogP contribution in [0.15, 0.2) is 23.2 Å². The maximum atomic E-state index is 6.16. The van der Waals surface area contributed by atoms with Gasteiger partial charge in [0.1, 0.15) is 5.75 Å². The largest absolute Gasteiger partial charge is 0.493 e. The molecule has 2 saturated heterocycles. The molecule has 32 heavy (non-hydrogen) atoms. The van der Waals surface area contributed by atoms with Crippen molar-refractivity contribution in [3.05, 3.63) is 29.3 Å². The van der Waals surface area contributed by atoms with Gasteiger partial charge in [-0.2, -0.15) is 0 Å². The molecule has 3 rings (SSSR count). The second kappa shape index (κ2) is 14.3. The van der Waals surface area contributed by atoms with Gasteiger partial charge in [0.05, 0.1) is 19.8 Å². The molecule has 180 valence electrons. The van der Waals surface area contributed by atoms with E-state index in [0.717, 1.165) is 95.7 Å². The van der Waals surface area contributed by atoms with E-state index in [1.165, 1.54) is 5.56 Å². The number of nitrogens with zero attached hydrogens (tertiary/aromatic N) is 1. The van der Waals surface area contributed by atoms with Crippen molar-refractivity contribution in [3.63, 3.8) is 0 Å². The highest BCUT2D eigenvalue weighted by Gasteiger charge is 2.17.